The Morgan fingerprint density at radius 2 is 2.03 bits per heavy atom. The molecule has 2 fully saturated rings. The molecule has 2 heterocycles. The summed E-state index contributed by atoms with van der Waals surface area (Å²) in [5.41, 5.74) is 0.521. The lowest BCUT2D eigenvalue weighted by molar-refractivity contribution is -0.274. The molecular formula is C20H24F3N3O3S. The number of ether oxygens (including phenoxy) is 2. The van der Waals surface area contributed by atoms with Crippen molar-refractivity contribution < 1.29 is 27.4 Å². The van der Waals surface area contributed by atoms with Crippen LogP contribution in [0.5, 0.6) is 5.75 Å². The number of nitrogens with zero attached hydrogens (tertiary/aromatic N) is 2. The summed E-state index contributed by atoms with van der Waals surface area (Å²) in [5, 5.41) is 3.55. The minimum absolute atomic E-state index is 0.0711. The second kappa shape index (κ2) is 8.97. The van der Waals surface area contributed by atoms with Crippen LogP contribution in [0.1, 0.15) is 44.9 Å². The summed E-state index contributed by atoms with van der Waals surface area (Å²) >= 11 is 1.17. The summed E-state index contributed by atoms with van der Waals surface area (Å²) in [4.78, 5) is 19.2. The number of urea groups is 1. The number of hydrogen-bond donors (Lipinski definition) is 1. The molecule has 0 spiro atoms. The first-order valence-electron chi connectivity index (χ1n) is 10.2. The van der Waals surface area contributed by atoms with Crippen molar-refractivity contribution in [2.24, 2.45) is 0 Å². The molecule has 1 aromatic carbocycles. The number of fused-ring (bicyclic) bond motifs is 1. The monoisotopic (exact) mass is 443 g/mol. The highest BCUT2D eigenvalue weighted by Crippen LogP contribution is 2.34. The Kier molecular flexibility index (Phi) is 6.33. The number of rotatable bonds is 5. The third-order valence-corrected chi connectivity index (χ3v) is 6.44. The maximum atomic E-state index is 13.1. The van der Waals surface area contributed by atoms with Crippen LogP contribution >= 0.6 is 11.3 Å². The van der Waals surface area contributed by atoms with Crippen LogP contribution < -0.4 is 15.0 Å². The van der Waals surface area contributed by atoms with Crippen LogP contribution in [-0.4, -0.2) is 42.7 Å². The number of thiazole rings is 1. The van der Waals surface area contributed by atoms with E-state index >= 15 is 0 Å². The lowest BCUT2D eigenvalue weighted by atomic mass is 9.96. The van der Waals surface area contributed by atoms with Crippen LogP contribution in [0.25, 0.3) is 10.2 Å². The number of aromatic nitrogens is 1. The van der Waals surface area contributed by atoms with E-state index in [1.165, 1.54) is 36.0 Å². The number of carbonyl (C=O) groups excluding carboxylic acids is 1. The molecule has 6 nitrogen and oxygen atoms in total. The molecule has 1 saturated heterocycles. The fraction of sp³-hybridized carbons (Fsp3) is 0.600. The number of anilines is 1. The maximum absolute atomic E-state index is 13.1. The molecule has 1 aliphatic heterocycles. The fourth-order valence-electron chi connectivity index (χ4n) is 3.94. The molecule has 1 saturated carbocycles. The molecule has 1 aliphatic carbocycles. The first kappa shape index (κ1) is 21.2. The molecule has 0 bridgehead atoms. The van der Waals surface area contributed by atoms with Gasteiger partial charge in [0.1, 0.15) is 5.75 Å². The van der Waals surface area contributed by atoms with Crippen molar-refractivity contribution in [3.63, 3.8) is 0 Å². The zero-order valence-electron chi connectivity index (χ0n) is 16.4. The van der Waals surface area contributed by atoms with Crippen LogP contribution in [0, 0.1) is 0 Å². The number of alkyl halides is 3. The van der Waals surface area contributed by atoms with Gasteiger partial charge >= 0.3 is 12.4 Å². The molecule has 2 aliphatic rings. The van der Waals surface area contributed by atoms with Gasteiger partial charge in [-0.05, 0) is 37.8 Å². The van der Waals surface area contributed by atoms with E-state index in [1.54, 1.807) is 4.90 Å². The SMILES string of the molecule is O=C(NC1CCCCC1)N(CC1CCCO1)c1nc2ccc(OC(F)(F)F)cc2s1. The van der Waals surface area contributed by atoms with E-state index < -0.39 is 6.36 Å². The fourth-order valence-corrected chi connectivity index (χ4v) is 4.95. The zero-order chi connectivity index (χ0) is 21.1. The Morgan fingerprint density at radius 1 is 1.23 bits per heavy atom. The summed E-state index contributed by atoms with van der Waals surface area (Å²) in [6.45, 7) is 1.03. The minimum atomic E-state index is -4.76. The van der Waals surface area contributed by atoms with Gasteiger partial charge in [-0.2, -0.15) is 0 Å². The van der Waals surface area contributed by atoms with Crippen molar-refractivity contribution in [2.45, 2.75) is 63.5 Å². The number of benzene rings is 1. The van der Waals surface area contributed by atoms with Gasteiger partial charge in [-0.1, -0.05) is 30.6 Å². The Balaban J connectivity index is 1.56. The van der Waals surface area contributed by atoms with Crippen LogP contribution in [0.15, 0.2) is 18.2 Å². The van der Waals surface area contributed by atoms with Gasteiger partial charge in [-0.3, -0.25) is 4.90 Å². The summed E-state index contributed by atoms with van der Waals surface area (Å²) in [7, 11) is 0. The molecule has 1 unspecified atom stereocenters. The molecule has 2 amide bonds. The second-order valence-electron chi connectivity index (χ2n) is 7.70. The van der Waals surface area contributed by atoms with E-state index in [2.05, 4.69) is 15.0 Å². The second-order valence-corrected chi connectivity index (χ2v) is 8.71. The van der Waals surface area contributed by atoms with Gasteiger partial charge in [-0.25, -0.2) is 9.78 Å². The summed E-state index contributed by atoms with van der Waals surface area (Å²) in [6, 6.07) is 3.90. The predicted molar refractivity (Wildman–Crippen MR) is 108 cm³/mol. The number of halogens is 3. The Morgan fingerprint density at radius 3 is 2.73 bits per heavy atom. The average molecular weight is 443 g/mol. The first-order valence-corrected chi connectivity index (χ1v) is 11.0. The van der Waals surface area contributed by atoms with Crippen molar-refractivity contribution in [1.29, 1.82) is 0 Å². The molecule has 1 aromatic heterocycles. The quantitative estimate of drug-likeness (QED) is 0.688. The van der Waals surface area contributed by atoms with Crippen molar-refractivity contribution in [3.05, 3.63) is 18.2 Å². The van der Waals surface area contributed by atoms with Crippen molar-refractivity contribution >= 4 is 32.7 Å². The Hall–Kier alpha value is -2.07. The van der Waals surface area contributed by atoms with E-state index in [0.29, 0.717) is 28.5 Å². The van der Waals surface area contributed by atoms with Crippen LogP contribution in [0.4, 0.5) is 23.1 Å². The molecule has 30 heavy (non-hydrogen) atoms. The highest BCUT2D eigenvalue weighted by Gasteiger charge is 2.32. The molecule has 0 radical (unpaired) electrons. The third kappa shape index (κ3) is 5.34. The van der Waals surface area contributed by atoms with E-state index in [-0.39, 0.29) is 23.9 Å². The van der Waals surface area contributed by atoms with Gasteiger partial charge in [-0.15, -0.1) is 13.2 Å². The topological polar surface area (TPSA) is 63.7 Å². The normalized spacial score (nSPS) is 20.4. The largest absolute Gasteiger partial charge is 0.573 e. The maximum Gasteiger partial charge on any atom is 0.573 e. The van der Waals surface area contributed by atoms with Crippen LogP contribution in [-0.2, 0) is 4.74 Å². The minimum Gasteiger partial charge on any atom is -0.406 e. The standard InChI is InChI=1S/C20H24F3N3O3S/c21-20(22,23)29-14-8-9-16-17(11-14)30-19(25-16)26(12-15-7-4-10-28-15)18(27)24-13-5-2-1-3-6-13/h8-9,11,13,15H,1-7,10,12H2,(H,24,27). The zero-order valence-corrected chi connectivity index (χ0v) is 17.2. The molecule has 10 heteroatoms. The van der Waals surface area contributed by atoms with Crippen molar-refractivity contribution in [3.8, 4) is 5.75 Å². The molecule has 1 N–H and O–H groups in total. The highest BCUT2D eigenvalue weighted by molar-refractivity contribution is 7.22. The summed E-state index contributed by atoms with van der Waals surface area (Å²) in [6.07, 6.45) is 2.27. The van der Waals surface area contributed by atoms with Gasteiger partial charge in [0, 0.05) is 18.7 Å². The van der Waals surface area contributed by atoms with Gasteiger partial charge in [0.15, 0.2) is 5.13 Å². The van der Waals surface area contributed by atoms with E-state index in [9.17, 15) is 18.0 Å². The van der Waals surface area contributed by atoms with E-state index in [0.717, 1.165) is 38.5 Å². The Bertz CT molecular complexity index is 877. The first-order chi connectivity index (χ1) is 14.4. The van der Waals surface area contributed by atoms with Crippen molar-refractivity contribution in [2.75, 3.05) is 18.1 Å². The lowest BCUT2D eigenvalue weighted by Crippen LogP contribution is -2.48. The number of amides is 2. The molecule has 2 aromatic rings. The number of hydrogen-bond acceptors (Lipinski definition) is 5. The summed E-state index contributed by atoms with van der Waals surface area (Å²) in [5.74, 6) is -0.303. The van der Waals surface area contributed by atoms with Crippen LogP contribution in [0.3, 0.4) is 0 Å². The van der Waals surface area contributed by atoms with E-state index in [1.807, 2.05) is 0 Å². The lowest BCUT2D eigenvalue weighted by Gasteiger charge is -2.28. The summed E-state index contributed by atoms with van der Waals surface area (Å²) < 4.78 is 47.8. The van der Waals surface area contributed by atoms with Crippen LogP contribution in [0.2, 0.25) is 0 Å². The number of carbonyl (C=O) groups is 1. The van der Waals surface area contributed by atoms with Gasteiger partial charge in [0.25, 0.3) is 0 Å². The van der Waals surface area contributed by atoms with Gasteiger partial charge in [0.05, 0.1) is 22.9 Å². The predicted octanol–water partition coefficient (Wildman–Crippen LogP) is 5.22. The van der Waals surface area contributed by atoms with E-state index in [4.69, 9.17) is 4.74 Å². The number of nitrogens with one attached hydrogen (secondary N) is 1. The smallest absolute Gasteiger partial charge is 0.406 e. The third-order valence-electron chi connectivity index (χ3n) is 5.40. The molecule has 4 rings (SSSR count). The van der Waals surface area contributed by atoms with Gasteiger partial charge < -0.3 is 14.8 Å². The van der Waals surface area contributed by atoms with Gasteiger partial charge in [0.2, 0.25) is 0 Å². The molecule has 164 valence electrons. The molecular weight excluding hydrogens is 419 g/mol. The Labute approximate surface area is 176 Å². The molecule has 1 atom stereocenters. The highest BCUT2D eigenvalue weighted by atomic mass is 32.1. The average Bonchev–Trinajstić information content (AvgIpc) is 3.34. The van der Waals surface area contributed by atoms with Crippen molar-refractivity contribution in [1.82, 2.24) is 10.3 Å².